The molecule has 8 heteroatoms. The lowest BCUT2D eigenvalue weighted by atomic mass is 10.3. The van der Waals surface area contributed by atoms with E-state index in [9.17, 15) is 9.59 Å². The number of nitrogens with zero attached hydrogens (tertiary/aromatic N) is 3. The highest BCUT2D eigenvalue weighted by Crippen LogP contribution is 2.18. The molecule has 0 saturated heterocycles. The Kier molecular flexibility index (Phi) is 4.61. The number of benzene rings is 1. The lowest BCUT2D eigenvalue weighted by Crippen LogP contribution is -2.19. The second kappa shape index (κ2) is 6.18. The minimum Gasteiger partial charge on any atom is -0.480 e. The highest BCUT2D eigenvalue weighted by atomic mass is 16.4. The summed E-state index contributed by atoms with van der Waals surface area (Å²) in [7, 11) is 1.49. The summed E-state index contributed by atoms with van der Waals surface area (Å²) in [5, 5.41) is 19.6. The third kappa shape index (κ3) is 4.92. The number of amides is 2. The van der Waals surface area contributed by atoms with Crippen molar-refractivity contribution in [3.05, 3.63) is 24.3 Å². The monoisotopic (exact) mass is 251 g/mol. The number of hydrogen-bond donors (Lipinski definition) is 3. The molecule has 0 spiro atoms. The Morgan fingerprint density at radius 2 is 2.22 bits per heavy atom. The van der Waals surface area contributed by atoms with Gasteiger partial charge in [0.15, 0.2) is 0 Å². The molecule has 1 rings (SSSR count). The van der Waals surface area contributed by atoms with Gasteiger partial charge in [-0.05, 0) is 18.2 Å². The SMILES string of the molecule is CN(CC(=O)O)N=Nc1cccc(NC(N)=O)c1. The molecular weight excluding hydrogens is 238 g/mol. The second-order valence-corrected chi connectivity index (χ2v) is 3.44. The Bertz CT molecular complexity index is 474. The van der Waals surface area contributed by atoms with Crippen LogP contribution in [0.4, 0.5) is 16.2 Å². The molecule has 0 aliphatic carbocycles. The molecule has 1 aromatic carbocycles. The minimum absolute atomic E-state index is 0.247. The summed E-state index contributed by atoms with van der Waals surface area (Å²) < 4.78 is 0. The standard InChI is InChI=1S/C10H13N5O3/c1-15(6-9(16)17)14-13-8-4-2-3-7(5-8)12-10(11)18/h2-5H,6H2,1H3,(H,16,17)(H3,11,12,18). The summed E-state index contributed by atoms with van der Waals surface area (Å²) >= 11 is 0. The predicted octanol–water partition coefficient (Wildman–Crippen LogP) is 1.19. The van der Waals surface area contributed by atoms with Crippen molar-refractivity contribution in [2.24, 2.45) is 16.1 Å². The third-order valence-corrected chi connectivity index (χ3v) is 1.79. The Morgan fingerprint density at radius 1 is 1.50 bits per heavy atom. The Morgan fingerprint density at radius 3 is 2.83 bits per heavy atom. The third-order valence-electron chi connectivity index (χ3n) is 1.79. The zero-order chi connectivity index (χ0) is 13.5. The van der Waals surface area contributed by atoms with Crippen molar-refractivity contribution in [2.45, 2.75) is 0 Å². The van der Waals surface area contributed by atoms with Gasteiger partial charge in [0.1, 0.15) is 6.54 Å². The van der Waals surface area contributed by atoms with Crippen LogP contribution in [0.15, 0.2) is 34.6 Å². The number of hydrogen-bond acceptors (Lipinski definition) is 4. The molecule has 1 aromatic rings. The highest BCUT2D eigenvalue weighted by Gasteiger charge is 2.01. The van der Waals surface area contributed by atoms with E-state index in [1.807, 2.05) is 0 Å². The zero-order valence-corrected chi connectivity index (χ0v) is 9.70. The van der Waals surface area contributed by atoms with Gasteiger partial charge >= 0.3 is 12.0 Å². The van der Waals surface area contributed by atoms with Gasteiger partial charge in [-0.3, -0.25) is 9.80 Å². The molecule has 0 heterocycles. The largest absolute Gasteiger partial charge is 0.480 e. The number of likely N-dealkylation sites (N-methyl/N-ethyl adjacent to an activating group) is 1. The Hall–Kier alpha value is -2.64. The smallest absolute Gasteiger partial charge is 0.324 e. The first-order valence-corrected chi connectivity index (χ1v) is 4.98. The van der Waals surface area contributed by atoms with Gasteiger partial charge in [0, 0.05) is 12.7 Å². The fourth-order valence-electron chi connectivity index (χ4n) is 1.14. The van der Waals surface area contributed by atoms with Gasteiger partial charge in [0.2, 0.25) is 0 Å². The van der Waals surface area contributed by atoms with Crippen molar-refractivity contribution < 1.29 is 14.7 Å². The number of urea groups is 1. The molecule has 4 N–H and O–H groups in total. The normalized spacial score (nSPS) is 10.3. The number of anilines is 1. The van der Waals surface area contributed by atoms with Crippen LogP contribution < -0.4 is 11.1 Å². The number of rotatable bonds is 5. The van der Waals surface area contributed by atoms with Gasteiger partial charge < -0.3 is 16.2 Å². The number of nitrogens with two attached hydrogens (primary N) is 1. The van der Waals surface area contributed by atoms with Crippen molar-refractivity contribution in [3.8, 4) is 0 Å². The molecule has 8 nitrogen and oxygen atoms in total. The highest BCUT2D eigenvalue weighted by molar-refractivity contribution is 5.88. The van der Waals surface area contributed by atoms with Gasteiger partial charge in [-0.1, -0.05) is 11.3 Å². The van der Waals surface area contributed by atoms with Gasteiger partial charge in [0.05, 0.1) is 5.69 Å². The summed E-state index contributed by atoms with van der Waals surface area (Å²) in [6, 6.07) is 5.85. The fourth-order valence-corrected chi connectivity index (χ4v) is 1.14. The van der Waals surface area contributed by atoms with Gasteiger partial charge in [-0.15, -0.1) is 5.11 Å². The van der Waals surface area contributed by atoms with E-state index < -0.39 is 12.0 Å². The van der Waals surface area contributed by atoms with Gasteiger partial charge in [-0.2, -0.15) is 0 Å². The molecule has 0 aliphatic rings. The number of primary amides is 1. The van der Waals surface area contributed by atoms with Crippen LogP contribution in [0.5, 0.6) is 0 Å². The quantitative estimate of drug-likeness (QED) is 0.537. The van der Waals surface area contributed by atoms with E-state index in [-0.39, 0.29) is 6.54 Å². The van der Waals surface area contributed by atoms with E-state index in [1.165, 1.54) is 12.1 Å². The molecule has 0 aromatic heterocycles. The van der Waals surface area contributed by atoms with Crippen molar-refractivity contribution in [1.82, 2.24) is 5.01 Å². The van der Waals surface area contributed by atoms with E-state index in [4.69, 9.17) is 10.8 Å². The van der Waals surface area contributed by atoms with E-state index in [0.29, 0.717) is 11.4 Å². The Balaban J connectivity index is 2.69. The molecule has 96 valence electrons. The number of aliphatic carboxylic acids is 1. The maximum absolute atomic E-state index is 10.7. The second-order valence-electron chi connectivity index (χ2n) is 3.44. The predicted molar refractivity (Wildman–Crippen MR) is 64.4 cm³/mol. The van der Waals surface area contributed by atoms with E-state index in [1.54, 1.807) is 24.3 Å². The topological polar surface area (TPSA) is 120 Å². The van der Waals surface area contributed by atoms with Crippen LogP contribution in [0.3, 0.4) is 0 Å². The van der Waals surface area contributed by atoms with Crippen LogP contribution in [-0.4, -0.2) is 35.7 Å². The lowest BCUT2D eigenvalue weighted by Gasteiger charge is -2.07. The first-order chi connectivity index (χ1) is 8.47. The molecule has 0 saturated carbocycles. The molecule has 18 heavy (non-hydrogen) atoms. The van der Waals surface area contributed by atoms with Gasteiger partial charge in [-0.25, -0.2) is 4.79 Å². The van der Waals surface area contributed by atoms with Crippen LogP contribution in [0.1, 0.15) is 0 Å². The minimum atomic E-state index is -0.999. The molecule has 0 bridgehead atoms. The molecule has 0 fully saturated rings. The fraction of sp³-hybridized carbons (Fsp3) is 0.200. The van der Waals surface area contributed by atoms with E-state index >= 15 is 0 Å². The average molecular weight is 251 g/mol. The van der Waals surface area contributed by atoms with E-state index in [2.05, 4.69) is 15.7 Å². The lowest BCUT2D eigenvalue weighted by molar-refractivity contribution is -0.138. The van der Waals surface area contributed by atoms with Crippen LogP contribution in [0.2, 0.25) is 0 Å². The van der Waals surface area contributed by atoms with Crippen LogP contribution >= 0.6 is 0 Å². The molecular formula is C10H13N5O3. The number of carboxylic acids is 1. The molecule has 0 unspecified atom stereocenters. The first kappa shape index (κ1) is 13.4. The number of carboxylic acid groups (broad SMARTS) is 1. The van der Waals surface area contributed by atoms with E-state index in [0.717, 1.165) is 0 Å². The average Bonchev–Trinajstić information content (AvgIpc) is 2.25. The van der Waals surface area contributed by atoms with Crippen molar-refractivity contribution >= 4 is 23.4 Å². The number of carbonyl (C=O) groups excluding carboxylic acids is 1. The maximum atomic E-state index is 10.7. The summed E-state index contributed by atoms with van der Waals surface area (Å²) in [5.74, 6) is -0.999. The first-order valence-electron chi connectivity index (χ1n) is 4.98. The van der Waals surface area contributed by atoms with Crippen molar-refractivity contribution in [1.29, 1.82) is 0 Å². The maximum Gasteiger partial charge on any atom is 0.324 e. The summed E-state index contributed by atoms with van der Waals surface area (Å²) in [6.07, 6.45) is 0. The summed E-state index contributed by atoms with van der Waals surface area (Å²) in [5.41, 5.74) is 5.93. The summed E-state index contributed by atoms with van der Waals surface area (Å²) in [6.45, 7) is -0.247. The van der Waals surface area contributed by atoms with Crippen molar-refractivity contribution in [2.75, 3.05) is 18.9 Å². The summed E-state index contributed by atoms with van der Waals surface area (Å²) in [4.78, 5) is 21.0. The van der Waals surface area contributed by atoms with Crippen molar-refractivity contribution in [3.63, 3.8) is 0 Å². The van der Waals surface area contributed by atoms with Gasteiger partial charge in [0.25, 0.3) is 0 Å². The Labute approximate surface area is 103 Å². The van der Waals surface area contributed by atoms with Crippen LogP contribution in [-0.2, 0) is 4.79 Å². The van der Waals surface area contributed by atoms with Crippen LogP contribution in [0.25, 0.3) is 0 Å². The molecule has 0 atom stereocenters. The zero-order valence-electron chi connectivity index (χ0n) is 9.70. The number of carbonyl (C=O) groups is 2. The molecule has 2 amide bonds. The molecule has 0 aliphatic heterocycles. The van der Waals surface area contributed by atoms with Crippen LogP contribution in [0, 0.1) is 0 Å². The number of nitrogens with one attached hydrogen (secondary N) is 1. The molecule has 0 radical (unpaired) electrons.